The fourth-order valence-electron chi connectivity index (χ4n) is 1.97. The highest BCUT2D eigenvalue weighted by Crippen LogP contribution is 2.38. The summed E-state index contributed by atoms with van der Waals surface area (Å²) in [6, 6.07) is 0.374. The lowest BCUT2D eigenvalue weighted by Crippen LogP contribution is -2.32. The van der Waals surface area contributed by atoms with Crippen LogP contribution in [0.5, 0.6) is 0 Å². The standard InChI is InChI=1S/C13H13F6NO2/c1-7(20-6-21)11(22-2)8-3-9(12(14,15)16)5-10(4-8)13(17,18)19/h3-7,11H,1-2H3,(H,20,21). The van der Waals surface area contributed by atoms with Gasteiger partial charge in [0, 0.05) is 7.11 Å². The topological polar surface area (TPSA) is 38.3 Å². The second-order valence-corrected chi connectivity index (χ2v) is 4.57. The number of amides is 1. The zero-order valence-corrected chi connectivity index (χ0v) is 11.5. The van der Waals surface area contributed by atoms with Crippen LogP contribution < -0.4 is 5.32 Å². The lowest BCUT2D eigenvalue weighted by Gasteiger charge is -2.24. The van der Waals surface area contributed by atoms with Crippen LogP contribution in [0.15, 0.2) is 18.2 Å². The summed E-state index contributed by atoms with van der Waals surface area (Å²) in [4.78, 5) is 10.4. The summed E-state index contributed by atoms with van der Waals surface area (Å²) in [6.07, 6.45) is -10.7. The van der Waals surface area contributed by atoms with Crippen molar-refractivity contribution in [3.05, 3.63) is 34.9 Å². The Morgan fingerprint density at radius 3 is 1.82 bits per heavy atom. The lowest BCUT2D eigenvalue weighted by atomic mass is 9.97. The molecule has 0 heterocycles. The molecular weight excluding hydrogens is 316 g/mol. The van der Waals surface area contributed by atoms with E-state index >= 15 is 0 Å². The smallest absolute Gasteiger partial charge is 0.375 e. The van der Waals surface area contributed by atoms with Gasteiger partial charge in [-0.1, -0.05) is 0 Å². The Balaban J connectivity index is 3.42. The molecule has 0 aromatic heterocycles. The van der Waals surface area contributed by atoms with Crippen LogP contribution in [-0.4, -0.2) is 19.6 Å². The Kier molecular flexibility index (Phi) is 5.44. The Morgan fingerprint density at radius 2 is 1.50 bits per heavy atom. The highest BCUT2D eigenvalue weighted by atomic mass is 19.4. The average molecular weight is 329 g/mol. The molecule has 1 amide bonds. The van der Waals surface area contributed by atoms with Gasteiger partial charge >= 0.3 is 12.4 Å². The third-order valence-corrected chi connectivity index (χ3v) is 2.98. The zero-order valence-electron chi connectivity index (χ0n) is 11.5. The normalized spacial score (nSPS) is 15.3. The Morgan fingerprint density at radius 1 is 1.05 bits per heavy atom. The molecule has 124 valence electrons. The molecule has 0 aliphatic carbocycles. The molecule has 0 bridgehead atoms. The van der Waals surface area contributed by atoms with Crippen molar-refractivity contribution >= 4 is 6.41 Å². The summed E-state index contributed by atoms with van der Waals surface area (Å²) in [5.74, 6) is 0. The maximum Gasteiger partial charge on any atom is 0.416 e. The molecule has 0 fully saturated rings. The third-order valence-electron chi connectivity index (χ3n) is 2.98. The van der Waals surface area contributed by atoms with Crippen LogP contribution in [0.3, 0.4) is 0 Å². The number of halogens is 6. The van der Waals surface area contributed by atoms with Gasteiger partial charge in [0.25, 0.3) is 0 Å². The Labute approximate surface area is 122 Å². The van der Waals surface area contributed by atoms with Gasteiger partial charge in [0.1, 0.15) is 6.10 Å². The molecule has 1 aromatic carbocycles. The molecule has 0 spiro atoms. The largest absolute Gasteiger partial charge is 0.416 e. The second-order valence-electron chi connectivity index (χ2n) is 4.57. The maximum atomic E-state index is 12.8. The number of rotatable bonds is 5. The first-order valence-corrected chi connectivity index (χ1v) is 6.02. The number of carbonyl (C=O) groups excluding carboxylic acids is 1. The molecule has 2 unspecified atom stereocenters. The predicted octanol–water partition coefficient (Wildman–Crippen LogP) is 3.55. The quantitative estimate of drug-likeness (QED) is 0.663. The highest BCUT2D eigenvalue weighted by molar-refractivity contribution is 5.47. The minimum atomic E-state index is -4.93. The molecule has 0 aliphatic rings. The van der Waals surface area contributed by atoms with Gasteiger partial charge < -0.3 is 10.1 Å². The Bertz CT molecular complexity index is 494. The molecule has 1 aromatic rings. The van der Waals surface area contributed by atoms with Crippen molar-refractivity contribution in [2.75, 3.05) is 7.11 Å². The van der Waals surface area contributed by atoms with Gasteiger partial charge in [0.15, 0.2) is 0 Å². The number of benzene rings is 1. The van der Waals surface area contributed by atoms with Gasteiger partial charge in [-0.2, -0.15) is 26.3 Å². The summed E-state index contributed by atoms with van der Waals surface area (Å²) in [6.45, 7) is 1.40. The summed E-state index contributed by atoms with van der Waals surface area (Å²) in [5.41, 5.74) is -3.19. The number of nitrogens with one attached hydrogen (secondary N) is 1. The van der Waals surface area contributed by atoms with E-state index in [9.17, 15) is 31.1 Å². The second kappa shape index (κ2) is 6.55. The van der Waals surface area contributed by atoms with Gasteiger partial charge in [-0.25, -0.2) is 0 Å². The van der Waals surface area contributed by atoms with Crippen LogP contribution in [0.2, 0.25) is 0 Å². The lowest BCUT2D eigenvalue weighted by molar-refractivity contribution is -0.143. The fourth-order valence-corrected chi connectivity index (χ4v) is 1.97. The third kappa shape index (κ3) is 4.36. The van der Waals surface area contributed by atoms with Crippen molar-refractivity contribution < 1.29 is 35.9 Å². The molecule has 0 aliphatic heterocycles. The highest BCUT2D eigenvalue weighted by Gasteiger charge is 2.38. The number of methoxy groups -OCH3 is 1. The van der Waals surface area contributed by atoms with E-state index in [4.69, 9.17) is 4.74 Å². The van der Waals surface area contributed by atoms with E-state index < -0.39 is 35.6 Å². The molecule has 9 heteroatoms. The first-order valence-electron chi connectivity index (χ1n) is 6.02. The monoisotopic (exact) mass is 329 g/mol. The van der Waals surface area contributed by atoms with Crippen LogP contribution in [0.1, 0.15) is 29.7 Å². The van der Waals surface area contributed by atoms with Crippen molar-refractivity contribution in [3.63, 3.8) is 0 Å². The minimum absolute atomic E-state index is 0.0358. The number of carbonyl (C=O) groups is 1. The molecule has 1 rings (SSSR count). The number of ether oxygens (including phenoxy) is 1. The summed E-state index contributed by atoms with van der Waals surface area (Å²) in [5, 5.41) is 2.24. The SMILES string of the molecule is COC(c1cc(C(F)(F)F)cc(C(F)(F)F)c1)C(C)NC=O. The van der Waals surface area contributed by atoms with Crippen LogP contribution in [0.25, 0.3) is 0 Å². The van der Waals surface area contributed by atoms with Crippen LogP contribution >= 0.6 is 0 Å². The predicted molar refractivity (Wildman–Crippen MR) is 64.9 cm³/mol. The van der Waals surface area contributed by atoms with E-state index in [0.29, 0.717) is 12.1 Å². The van der Waals surface area contributed by atoms with Crippen molar-refractivity contribution in [2.45, 2.75) is 31.4 Å². The van der Waals surface area contributed by atoms with Crippen LogP contribution in [0.4, 0.5) is 26.3 Å². The van der Waals surface area contributed by atoms with Gasteiger partial charge in [0.05, 0.1) is 17.2 Å². The molecule has 22 heavy (non-hydrogen) atoms. The summed E-state index contributed by atoms with van der Waals surface area (Å²) < 4.78 is 81.6. The van der Waals surface area contributed by atoms with E-state index in [1.54, 1.807) is 0 Å². The molecule has 0 saturated carbocycles. The first kappa shape index (κ1) is 18.3. The van der Waals surface area contributed by atoms with Crippen molar-refractivity contribution in [1.29, 1.82) is 0 Å². The zero-order chi connectivity index (χ0) is 17.1. The number of hydrogen-bond acceptors (Lipinski definition) is 2. The van der Waals surface area contributed by atoms with E-state index in [-0.39, 0.29) is 18.0 Å². The molecule has 0 saturated heterocycles. The summed E-state index contributed by atoms with van der Waals surface area (Å²) in [7, 11) is 1.13. The van der Waals surface area contributed by atoms with E-state index in [0.717, 1.165) is 7.11 Å². The fraction of sp³-hybridized carbons (Fsp3) is 0.462. The minimum Gasteiger partial charge on any atom is -0.375 e. The van der Waals surface area contributed by atoms with Gasteiger partial charge in [0.2, 0.25) is 6.41 Å². The first-order chi connectivity index (χ1) is 10.0. The number of hydrogen-bond donors (Lipinski definition) is 1. The van der Waals surface area contributed by atoms with Gasteiger partial charge in [-0.15, -0.1) is 0 Å². The van der Waals surface area contributed by atoms with Crippen molar-refractivity contribution in [3.8, 4) is 0 Å². The summed E-state index contributed by atoms with van der Waals surface area (Å²) >= 11 is 0. The van der Waals surface area contributed by atoms with E-state index in [2.05, 4.69) is 5.32 Å². The Hall–Kier alpha value is -1.77. The molecule has 1 N–H and O–H groups in total. The van der Waals surface area contributed by atoms with E-state index in [1.807, 2.05) is 0 Å². The van der Waals surface area contributed by atoms with Crippen molar-refractivity contribution in [2.24, 2.45) is 0 Å². The molecular formula is C13H13F6NO2. The average Bonchev–Trinajstić information content (AvgIpc) is 2.37. The number of alkyl halides is 6. The molecule has 3 nitrogen and oxygen atoms in total. The van der Waals surface area contributed by atoms with Crippen LogP contribution in [-0.2, 0) is 21.9 Å². The molecule has 0 radical (unpaired) electrons. The van der Waals surface area contributed by atoms with Crippen LogP contribution in [0, 0.1) is 0 Å². The maximum absolute atomic E-state index is 12.8. The van der Waals surface area contributed by atoms with Gasteiger partial charge in [-0.3, -0.25) is 4.79 Å². The van der Waals surface area contributed by atoms with E-state index in [1.165, 1.54) is 6.92 Å². The van der Waals surface area contributed by atoms with Crippen molar-refractivity contribution in [1.82, 2.24) is 5.32 Å². The van der Waals surface area contributed by atoms with Gasteiger partial charge in [-0.05, 0) is 30.7 Å². The molecule has 2 atom stereocenters.